The van der Waals surface area contributed by atoms with E-state index in [1.54, 1.807) is 6.07 Å². The van der Waals surface area contributed by atoms with Gasteiger partial charge in [-0.3, -0.25) is 10.6 Å². The summed E-state index contributed by atoms with van der Waals surface area (Å²) in [5.41, 5.74) is 6.86. The number of carbonyl (C=O) groups excluding carboxylic acids is 2. The third kappa shape index (κ3) is 17.7. The van der Waals surface area contributed by atoms with Gasteiger partial charge in [-0.2, -0.15) is 0 Å². The van der Waals surface area contributed by atoms with E-state index in [4.69, 9.17) is 9.47 Å². The Kier molecular flexibility index (Phi) is 23.0. The first-order chi connectivity index (χ1) is 26.9. The summed E-state index contributed by atoms with van der Waals surface area (Å²) in [7, 11) is 0. The van der Waals surface area contributed by atoms with E-state index in [2.05, 4.69) is 50.5 Å². The molecule has 3 rings (SSSR count). The highest BCUT2D eigenvalue weighted by Gasteiger charge is 2.17. The minimum Gasteiger partial charge on any atom is -0.410 e. The maximum absolute atomic E-state index is 13.4. The largest absolute Gasteiger partial charge is 0.417 e. The summed E-state index contributed by atoms with van der Waals surface area (Å²) in [6.07, 6.45) is 26.9. The Balaban J connectivity index is 1.69. The van der Waals surface area contributed by atoms with Crippen LogP contribution in [0.15, 0.2) is 54.6 Å². The Morgan fingerprint density at radius 2 is 0.873 bits per heavy atom. The molecular weight excluding hydrogens is 681 g/mol. The number of benzene rings is 3. The molecule has 0 unspecified atom stereocenters. The number of amides is 2. The fourth-order valence-corrected chi connectivity index (χ4v) is 7.41. The molecule has 0 saturated heterocycles. The molecule has 6 heteroatoms. The molecule has 0 aromatic heterocycles. The first kappa shape index (κ1) is 45.6. The second-order valence-electron chi connectivity index (χ2n) is 15.5. The minimum atomic E-state index is -0.542. The molecule has 3 aromatic rings. The lowest BCUT2D eigenvalue weighted by molar-refractivity contribution is 0.213. The highest BCUT2D eigenvalue weighted by atomic mass is 16.6. The zero-order valence-electron chi connectivity index (χ0n) is 35.3. The number of carbonyl (C=O) groups is 2. The summed E-state index contributed by atoms with van der Waals surface area (Å²) >= 11 is 0. The normalized spacial score (nSPS) is 11.1. The molecule has 0 bridgehead atoms. The van der Waals surface area contributed by atoms with Gasteiger partial charge in [-0.25, -0.2) is 9.59 Å². The number of anilines is 2. The van der Waals surface area contributed by atoms with Crippen LogP contribution in [-0.2, 0) is 25.7 Å². The smallest absolute Gasteiger partial charge is 0.410 e. The van der Waals surface area contributed by atoms with Crippen molar-refractivity contribution in [2.24, 2.45) is 0 Å². The molecular formula is C49H74N2O4. The molecule has 0 saturated carbocycles. The molecule has 0 fully saturated rings. The lowest BCUT2D eigenvalue weighted by Gasteiger charge is -2.17. The molecule has 55 heavy (non-hydrogen) atoms. The van der Waals surface area contributed by atoms with E-state index in [1.165, 1.54) is 114 Å². The molecule has 0 radical (unpaired) electrons. The average Bonchev–Trinajstić information content (AvgIpc) is 3.17. The van der Waals surface area contributed by atoms with Gasteiger partial charge in [0, 0.05) is 11.4 Å². The van der Waals surface area contributed by atoms with Gasteiger partial charge in [0.15, 0.2) is 0 Å². The molecule has 3 aromatic carbocycles. The van der Waals surface area contributed by atoms with Crippen LogP contribution >= 0.6 is 0 Å². The van der Waals surface area contributed by atoms with Crippen molar-refractivity contribution in [3.63, 3.8) is 0 Å². The zero-order valence-corrected chi connectivity index (χ0v) is 35.3. The van der Waals surface area contributed by atoms with Gasteiger partial charge in [0.2, 0.25) is 0 Å². The number of hydrogen-bond donors (Lipinski definition) is 2. The van der Waals surface area contributed by atoms with Crippen LogP contribution in [0.2, 0.25) is 0 Å². The van der Waals surface area contributed by atoms with Gasteiger partial charge in [-0.15, -0.1) is 0 Å². The standard InChI is InChI=1S/C49H74N2O4/c1-6-10-14-18-22-28-40-30-26-34-46(43(40)32-24-20-16-12-8-3)54-48(52)50-42-37-36-39(5)45(38-42)51-49(53)55-47-35-27-31-41(29-23-19-15-11-7-2)44(47)33-25-21-17-13-9-4/h26-27,30-31,34-38H,6-25,28-29,32-33H2,1-5H3,(H,50,52)(H,51,53). The molecule has 0 heterocycles. The molecule has 6 nitrogen and oxygen atoms in total. The second kappa shape index (κ2) is 27.7. The Labute approximate surface area is 335 Å². The van der Waals surface area contributed by atoms with Crippen LogP contribution in [0.25, 0.3) is 0 Å². The highest BCUT2D eigenvalue weighted by molar-refractivity contribution is 5.91. The van der Waals surface area contributed by atoms with Crippen LogP contribution < -0.4 is 20.1 Å². The first-order valence-corrected chi connectivity index (χ1v) is 22.2. The van der Waals surface area contributed by atoms with E-state index < -0.39 is 12.2 Å². The summed E-state index contributed by atoms with van der Waals surface area (Å²) in [6.45, 7) is 10.9. The van der Waals surface area contributed by atoms with E-state index in [-0.39, 0.29) is 0 Å². The summed E-state index contributed by atoms with van der Waals surface area (Å²) in [5.74, 6) is 1.27. The van der Waals surface area contributed by atoms with Crippen molar-refractivity contribution in [3.05, 3.63) is 82.4 Å². The maximum Gasteiger partial charge on any atom is 0.417 e. The van der Waals surface area contributed by atoms with Crippen molar-refractivity contribution in [1.82, 2.24) is 0 Å². The summed E-state index contributed by atoms with van der Waals surface area (Å²) < 4.78 is 12.0. The lowest BCUT2D eigenvalue weighted by atomic mass is 9.95. The molecule has 2 N–H and O–H groups in total. The van der Waals surface area contributed by atoms with Crippen LogP contribution in [-0.4, -0.2) is 12.2 Å². The molecule has 0 aliphatic heterocycles. The molecule has 0 spiro atoms. The molecule has 304 valence electrons. The van der Waals surface area contributed by atoms with E-state index >= 15 is 0 Å². The van der Waals surface area contributed by atoms with E-state index in [0.29, 0.717) is 22.9 Å². The molecule has 0 aliphatic carbocycles. The Morgan fingerprint density at radius 3 is 1.31 bits per heavy atom. The Hall–Kier alpha value is -3.80. The van der Waals surface area contributed by atoms with Crippen molar-refractivity contribution in [2.45, 2.75) is 189 Å². The number of hydrogen-bond acceptors (Lipinski definition) is 4. The minimum absolute atomic E-state index is 0.537. The second-order valence-corrected chi connectivity index (χ2v) is 15.5. The van der Waals surface area contributed by atoms with Gasteiger partial charge < -0.3 is 9.47 Å². The van der Waals surface area contributed by atoms with Crippen molar-refractivity contribution < 1.29 is 19.1 Å². The Bertz CT molecular complexity index is 1530. The van der Waals surface area contributed by atoms with Crippen LogP contribution in [0, 0.1) is 6.92 Å². The Morgan fingerprint density at radius 1 is 0.473 bits per heavy atom. The van der Waals surface area contributed by atoms with Crippen LogP contribution in [0.5, 0.6) is 11.5 Å². The topological polar surface area (TPSA) is 76.7 Å². The predicted molar refractivity (Wildman–Crippen MR) is 233 cm³/mol. The number of rotatable bonds is 28. The van der Waals surface area contributed by atoms with Crippen LogP contribution in [0.1, 0.15) is 184 Å². The van der Waals surface area contributed by atoms with Gasteiger partial charge in [-0.1, -0.05) is 161 Å². The van der Waals surface area contributed by atoms with Gasteiger partial charge >= 0.3 is 12.2 Å². The van der Waals surface area contributed by atoms with Gasteiger partial charge in [0.25, 0.3) is 0 Å². The highest BCUT2D eigenvalue weighted by Crippen LogP contribution is 2.30. The number of ether oxygens (including phenoxy) is 2. The van der Waals surface area contributed by atoms with Crippen molar-refractivity contribution >= 4 is 23.6 Å². The first-order valence-electron chi connectivity index (χ1n) is 22.2. The predicted octanol–water partition coefficient (Wildman–Crippen LogP) is 15.3. The number of unbranched alkanes of at least 4 members (excludes halogenated alkanes) is 16. The van der Waals surface area contributed by atoms with E-state index in [0.717, 1.165) is 68.1 Å². The SMILES string of the molecule is CCCCCCCc1cccc(OC(=O)Nc2ccc(C)c(NC(=O)Oc3cccc(CCCCCCC)c3CCCCCCC)c2)c1CCCCCCC. The fraction of sp³-hybridized carbons (Fsp3) is 0.592. The summed E-state index contributed by atoms with van der Waals surface area (Å²) in [6, 6.07) is 17.7. The monoisotopic (exact) mass is 755 g/mol. The molecule has 0 aliphatic rings. The summed E-state index contributed by atoms with van der Waals surface area (Å²) in [4.78, 5) is 26.8. The van der Waals surface area contributed by atoms with Crippen molar-refractivity contribution in [2.75, 3.05) is 10.6 Å². The number of aryl methyl sites for hydroxylation is 3. The van der Waals surface area contributed by atoms with Gasteiger partial charge in [-0.05, 0) is 110 Å². The van der Waals surface area contributed by atoms with Gasteiger partial charge in [0.05, 0.1) is 0 Å². The maximum atomic E-state index is 13.4. The fourth-order valence-electron chi connectivity index (χ4n) is 7.41. The van der Waals surface area contributed by atoms with Crippen LogP contribution in [0.4, 0.5) is 21.0 Å². The van der Waals surface area contributed by atoms with Crippen LogP contribution in [0.3, 0.4) is 0 Å². The van der Waals surface area contributed by atoms with E-state index in [9.17, 15) is 9.59 Å². The quantitative estimate of drug-likeness (QED) is 0.0724. The van der Waals surface area contributed by atoms with Gasteiger partial charge in [0.1, 0.15) is 11.5 Å². The van der Waals surface area contributed by atoms with E-state index in [1.807, 2.05) is 43.3 Å². The molecule has 0 atom stereocenters. The number of nitrogens with one attached hydrogen (secondary N) is 2. The average molecular weight is 755 g/mol. The van der Waals surface area contributed by atoms with Crippen molar-refractivity contribution in [3.8, 4) is 11.5 Å². The zero-order chi connectivity index (χ0) is 39.5. The third-order valence-electron chi connectivity index (χ3n) is 10.7. The summed E-state index contributed by atoms with van der Waals surface area (Å²) in [5, 5.41) is 5.86. The van der Waals surface area contributed by atoms with Crippen molar-refractivity contribution in [1.29, 1.82) is 0 Å². The lowest BCUT2D eigenvalue weighted by Crippen LogP contribution is -2.20. The third-order valence-corrected chi connectivity index (χ3v) is 10.7. The molecule has 2 amide bonds.